The van der Waals surface area contributed by atoms with Gasteiger partial charge in [0.25, 0.3) is 0 Å². The first-order valence-electron chi connectivity index (χ1n) is 12.0. The van der Waals surface area contributed by atoms with Gasteiger partial charge in [0, 0.05) is 16.1 Å². The van der Waals surface area contributed by atoms with E-state index in [-0.39, 0.29) is 46.0 Å². The van der Waals surface area contributed by atoms with Crippen molar-refractivity contribution >= 4 is 27.5 Å². The zero-order valence-electron chi connectivity index (χ0n) is 23.3. The molecule has 1 aliphatic rings. The number of ether oxygens (including phenoxy) is 1. The van der Waals surface area contributed by atoms with Crippen molar-refractivity contribution in [1.82, 2.24) is 0 Å². The maximum Gasteiger partial charge on any atom is 1.00 e. The fourth-order valence-corrected chi connectivity index (χ4v) is 5.51. The van der Waals surface area contributed by atoms with E-state index in [0.29, 0.717) is 5.92 Å². The van der Waals surface area contributed by atoms with Gasteiger partial charge in [0.15, 0.2) is 0 Å². The number of rotatable bonds is 4. The predicted octanol–water partition coefficient (Wildman–Crippen LogP) is 4.84. The van der Waals surface area contributed by atoms with E-state index in [9.17, 15) is 8.42 Å². The second-order valence-corrected chi connectivity index (χ2v) is 12.3. The Morgan fingerprint density at radius 2 is 1.46 bits per heavy atom. The third-order valence-corrected chi connectivity index (χ3v) is 8.65. The van der Waals surface area contributed by atoms with Crippen molar-refractivity contribution in [3.8, 4) is 5.75 Å². The minimum atomic E-state index is -3.62. The van der Waals surface area contributed by atoms with Crippen LogP contribution in [0, 0.1) is 27.7 Å². The number of nitrogens with two attached hydrogens (primary N) is 1. The number of hydrogen-bond donors (Lipinski definition) is 1. The molecule has 1 aliphatic heterocycles. The van der Waals surface area contributed by atoms with Gasteiger partial charge < -0.3 is 14.7 Å². The zero-order valence-corrected chi connectivity index (χ0v) is 26.9. The molecule has 1 atom stereocenters. The molecule has 0 fully saturated rings. The van der Waals surface area contributed by atoms with Crippen LogP contribution in [0.5, 0.6) is 5.75 Å². The van der Waals surface area contributed by atoms with Gasteiger partial charge in [-0.25, -0.2) is 8.42 Å². The molecule has 5 nitrogen and oxygen atoms in total. The standard InChI is InChI=1S/C22H29NO.C7H7ClNO2S.Na/c1-12(2)16-8-10-17(11-9-16)19-18-15(5)20(23)13(3)14(4)21(18)24-22(19,6)7;1-6-2-4-7(5-3-6)12(10,11)9-8;/h8-12,19H,23H2,1-7H3;2-5H,1H3;/q;-1;+1. The summed E-state index contributed by atoms with van der Waals surface area (Å²) < 4.78 is 31.2. The summed E-state index contributed by atoms with van der Waals surface area (Å²) in [6.07, 6.45) is 0. The Morgan fingerprint density at radius 1 is 0.919 bits per heavy atom. The normalized spacial score (nSPS) is 15.8. The van der Waals surface area contributed by atoms with Crippen molar-refractivity contribution < 1.29 is 42.7 Å². The molecule has 1 heterocycles. The van der Waals surface area contributed by atoms with Crippen LogP contribution in [0.2, 0.25) is 0 Å². The Hall–Kier alpha value is -1.54. The Labute approximate surface area is 249 Å². The summed E-state index contributed by atoms with van der Waals surface area (Å²) >= 11 is 4.90. The molecule has 0 amide bonds. The van der Waals surface area contributed by atoms with Gasteiger partial charge in [0.05, 0.1) is 5.92 Å². The summed E-state index contributed by atoms with van der Waals surface area (Å²) in [5.74, 6) is 1.78. The molecular formula is C29H36ClN2NaO3S. The Bertz CT molecular complexity index is 1350. The second-order valence-electron chi connectivity index (χ2n) is 10.3. The van der Waals surface area contributed by atoms with E-state index in [1.807, 2.05) is 6.92 Å². The maximum absolute atomic E-state index is 11.0. The quantitative estimate of drug-likeness (QED) is 0.372. The SMILES string of the molecule is Cc1c(C)c2c(c(C)c1N)C(c1ccc(C(C)C)cc1)C(C)(C)O2.Cc1ccc(S(=O)(=O)[N-]Cl)cc1.[Na+]. The molecule has 3 aromatic carbocycles. The van der Waals surface area contributed by atoms with Crippen LogP contribution in [0.15, 0.2) is 53.4 Å². The molecule has 37 heavy (non-hydrogen) atoms. The summed E-state index contributed by atoms with van der Waals surface area (Å²) in [5, 5.41) is 0. The minimum absolute atomic E-state index is 0. The van der Waals surface area contributed by atoms with Gasteiger partial charge in [-0.15, -0.1) is 0 Å². The van der Waals surface area contributed by atoms with E-state index >= 15 is 0 Å². The smallest absolute Gasteiger partial charge is 0.486 e. The average Bonchev–Trinajstić information content (AvgIpc) is 3.13. The number of sulfonamides is 1. The van der Waals surface area contributed by atoms with Crippen molar-refractivity contribution in [2.24, 2.45) is 0 Å². The molecule has 3 aromatic rings. The third-order valence-electron chi connectivity index (χ3n) is 7.05. The van der Waals surface area contributed by atoms with Crippen molar-refractivity contribution in [3.05, 3.63) is 91.7 Å². The monoisotopic (exact) mass is 550 g/mol. The fraction of sp³-hybridized carbons (Fsp3) is 0.379. The van der Waals surface area contributed by atoms with E-state index in [0.717, 1.165) is 28.1 Å². The second kappa shape index (κ2) is 12.1. The summed E-state index contributed by atoms with van der Waals surface area (Å²) in [6.45, 7) is 17.0. The van der Waals surface area contributed by atoms with Crippen LogP contribution in [0.1, 0.15) is 78.5 Å². The number of hydrogen-bond acceptors (Lipinski definition) is 4. The number of nitrogens with zero attached hydrogens (tertiary/aromatic N) is 1. The molecule has 0 aromatic heterocycles. The molecule has 0 radical (unpaired) electrons. The van der Waals surface area contributed by atoms with E-state index in [4.69, 9.17) is 22.2 Å². The number of aryl methyl sites for hydroxylation is 1. The predicted molar refractivity (Wildman–Crippen MR) is 150 cm³/mol. The molecular weight excluding hydrogens is 515 g/mol. The van der Waals surface area contributed by atoms with Crippen LogP contribution in [0.25, 0.3) is 4.24 Å². The van der Waals surface area contributed by atoms with E-state index < -0.39 is 10.0 Å². The minimum Gasteiger partial charge on any atom is -0.486 e. The molecule has 0 aliphatic carbocycles. The van der Waals surface area contributed by atoms with Crippen LogP contribution in [0.3, 0.4) is 0 Å². The first-order chi connectivity index (χ1) is 16.7. The van der Waals surface area contributed by atoms with E-state index in [2.05, 4.69) is 77.0 Å². The summed E-state index contributed by atoms with van der Waals surface area (Å²) in [5.41, 5.74) is 15.4. The zero-order chi connectivity index (χ0) is 27.0. The topological polar surface area (TPSA) is 83.5 Å². The van der Waals surface area contributed by atoms with Crippen LogP contribution in [0.4, 0.5) is 5.69 Å². The molecule has 8 heteroatoms. The number of fused-ring (bicyclic) bond motifs is 1. The molecule has 4 rings (SSSR count). The summed E-state index contributed by atoms with van der Waals surface area (Å²) in [7, 11) is -3.62. The molecule has 194 valence electrons. The van der Waals surface area contributed by atoms with E-state index in [1.165, 1.54) is 34.4 Å². The Morgan fingerprint density at radius 3 is 1.95 bits per heavy atom. The van der Waals surface area contributed by atoms with Gasteiger partial charge in [0.1, 0.15) is 21.4 Å². The molecule has 0 spiro atoms. The Kier molecular flexibility index (Phi) is 10.4. The molecule has 0 bridgehead atoms. The molecule has 0 saturated heterocycles. The van der Waals surface area contributed by atoms with E-state index in [1.54, 1.807) is 12.1 Å². The van der Waals surface area contributed by atoms with Crippen LogP contribution < -0.4 is 40.0 Å². The summed E-state index contributed by atoms with van der Waals surface area (Å²) in [6, 6.07) is 15.3. The van der Waals surface area contributed by atoms with Gasteiger partial charge in [-0.05, 0) is 87.4 Å². The van der Waals surface area contributed by atoms with Gasteiger partial charge in [-0.2, -0.15) is 0 Å². The largest absolute Gasteiger partial charge is 1.00 e. The number of halogens is 1. The van der Waals surface area contributed by atoms with Gasteiger partial charge in [-0.3, -0.25) is 11.8 Å². The first kappa shape index (κ1) is 31.7. The first-order valence-corrected chi connectivity index (χ1v) is 13.8. The fourth-order valence-electron chi connectivity index (χ4n) is 4.71. The number of nitrogen functional groups attached to an aromatic ring is 1. The molecule has 1 unspecified atom stereocenters. The average molecular weight is 551 g/mol. The van der Waals surface area contributed by atoms with Gasteiger partial charge in [0.2, 0.25) is 0 Å². The van der Waals surface area contributed by atoms with Crippen molar-refractivity contribution in [2.45, 2.75) is 77.7 Å². The van der Waals surface area contributed by atoms with Crippen LogP contribution in [-0.4, -0.2) is 14.0 Å². The van der Waals surface area contributed by atoms with Gasteiger partial charge >= 0.3 is 29.6 Å². The van der Waals surface area contributed by atoms with Crippen LogP contribution >= 0.6 is 11.8 Å². The maximum atomic E-state index is 11.0. The van der Waals surface area contributed by atoms with Gasteiger partial charge in [-0.1, -0.05) is 55.8 Å². The molecule has 2 N–H and O–H groups in total. The molecule has 0 saturated carbocycles. The summed E-state index contributed by atoms with van der Waals surface area (Å²) in [4.78, 5) is 0.114. The van der Waals surface area contributed by atoms with Crippen molar-refractivity contribution in [2.75, 3.05) is 5.73 Å². The van der Waals surface area contributed by atoms with Crippen molar-refractivity contribution in [3.63, 3.8) is 0 Å². The third kappa shape index (κ3) is 6.55. The number of anilines is 1. The van der Waals surface area contributed by atoms with Crippen LogP contribution in [-0.2, 0) is 10.0 Å². The number of benzene rings is 3. The Balaban J connectivity index is 0.000000314. The van der Waals surface area contributed by atoms with Crippen molar-refractivity contribution in [1.29, 1.82) is 0 Å².